The summed E-state index contributed by atoms with van der Waals surface area (Å²) in [5.41, 5.74) is 1.00. The smallest absolute Gasteiger partial charge is 0.163 e. The number of aliphatic hydroxyl groups excluding tert-OH is 1. The van der Waals surface area contributed by atoms with Crippen LogP contribution in [0, 0.1) is 5.92 Å². The molecule has 0 spiro atoms. The Morgan fingerprint density at radius 3 is 2.95 bits per heavy atom. The van der Waals surface area contributed by atoms with E-state index in [9.17, 15) is 0 Å². The van der Waals surface area contributed by atoms with E-state index in [1.807, 2.05) is 37.3 Å². The monoisotopic (exact) mass is 302 g/mol. The van der Waals surface area contributed by atoms with Crippen molar-refractivity contribution in [2.24, 2.45) is 5.92 Å². The molecule has 2 heterocycles. The lowest BCUT2D eigenvalue weighted by Crippen LogP contribution is -2.22. The van der Waals surface area contributed by atoms with Crippen LogP contribution in [0.2, 0.25) is 0 Å². The summed E-state index contributed by atoms with van der Waals surface area (Å²) < 4.78 is 7.00. The summed E-state index contributed by atoms with van der Waals surface area (Å²) in [6.07, 6.45) is 0. The first-order valence-corrected chi connectivity index (χ1v) is 7.84. The van der Waals surface area contributed by atoms with Gasteiger partial charge in [-0.15, -0.1) is 11.3 Å². The third kappa shape index (κ3) is 3.32. The number of aliphatic hydroxyl groups is 1. The van der Waals surface area contributed by atoms with Gasteiger partial charge in [0.05, 0.1) is 16.8 Å². The van der Waals surface area contributed by atoms with Gasteiger partial charge in [-0.25, -0.2) is 4.98 Å². The second-order valence-electron chi connectivity index (χ2n) is 5.17. The van der Waals surface area contributed by atoms with E-state index in [1.165, 1.54) is 4.70 Å². The van der Waals surface area contributed by atoms with Crippen LogP contribution in [0.5, 0.6) is 0 Å². The molecule has 4 nitrogen and oxygen atoms in total. The SMILES string of the molecule is CC(CO)CNCc1ccc(-c2nc3ccccc3s2)o1. The Kier molecular flexibility index (Phi) is 4.34. The molecule has 110 valence electrons. The van der Waals surface area contributed by atoms with Gasteiger partial charge in [0.2, 0.25) is 0 Å². The van der Waals surface area contributed by atoms with Crippen molar-refractivity contribution in [3.8, 4) is 10.8 Å². The summed E-state index contributed by atoms with van der Waals surface area (Å²) in [6.45, 7) is 3.63. The highest BCUT2D eigenvalue weighted by atomic mass is 32.1. The zero-order valence-electron chi connectivity index (χ0n) is 11.9. The molecule has 0 aliphatic rings. The fourth-order valence-corrected chi connectivity index (χ4v) is 3.00. The number of furan rings is 1. The number of para-hydroxylation sites is 1. The average Bonchev–Trinajstić information content (AvgIpc) is 3.13. The molecule has 0 bridgehead atoms. The van der Waals surface area contributed by atoms with Gasteiger partial charge < -0.3 is 14.8 Å². The van der Waals surface area contributed by atoms with Crippen molar-refractivity contribution in [1.29, 1.82) is 0 Å². The molecular weight excluding hydrogens is 284 g/mol. The van der Waals surface area contributed by atoms with E-state index in [4.69, 9.17) is 9.52 Å². The number of thiazole rings is 1. The van der Waals surface area contributed by atoms with Gasteiger partial charge in [0.25, 0.3) is 0 Å². The molecule has 0 saturated heterocycles. The van der Waals surface area contributed by atoms with E-state index in [2.05, 4.69) is 16.4 Å². The molecule has 0 radical (unpaired) electrons. The number of rotatable bonds is 6. The number of benzene rings is 1. The van der Waals surface area contributed by atoms with Crippen LogP contribution in [0.1, 0.15) is 12.7 Å². The topological polar surface area (TPSA) is 58.3 Å². The molecule has 2 aromatic heterocycles. The van der Waals surface area contributed by atoms with Crippen molar-refractivity contribution in [3.63, 3.8) is 0 Å². The molecule has 0 aliphatic carbocycles. The van der Waals surface area contributed by atoms with Gasteiger partial charge in [0, 0.05) is 13.2 Å². The maximum absolute atomic E-state index is 8.98. The van der Waals surface area contributed by atoms with Crippen LogP contribution in [0.15, 0.2) is 40.8 Å². The predicted molar refractivity (Wildman–Crippen MR) is 85.3 cm³/mol. The van der Waals surface area contributed by atoms with Gasteiger partial charge >= 0.3 is 0 Å². The molecular formula is C16H18N2O2S. The predicted octanol–water partition coefficient (Wildman–Crippen LogP) is 3.27. The van der Waals surface area contributed by atoms with Crippen LogP contribution < -0.4 is 5.32 Å². The first-order chi connectivity index (χ1) is 10.3. The molecule has 0 saturated carbocycles. The molecule has 1 aromatic carbocycles. The lowest BCUT2D eigenvalue weighted by Gasteiger charge is -2.07. The van der Waals surface area contributed by atoms with Crippen molar-refractivity contribution in [2.45, 2.75) is 13.5 Å². The second-order valence-corrected chi connectivity index (χ2v) is 6.20. The van der Waals surface area contributed by atoms with Crippen molar-refractivity contribution in [2.75, 3.05) is 13.2 Å². The second kappa shape index (κ2) is 6.39. The fraction of sp³-hybridized carbons (Fsp3) is 0.312. The molecule has 0 amide bonds. The van der Waals surface area contributed by atoms with Crippen LogP contribution in [0.25, 0.3) is 21.0 Å². The van der Waals surface area contributed by atoms with E-state index < -0.39 is 0 Å². The Morgan fingerprint density at radius 2 is 2.14 bits per heavy atom. The maximum atomic E-state index is 8.98. The van der Waals surface area contributed by atoms with E-state index >= 15 is 0 Å². The Balaban J connectivity index is 1.69. The molecule has 0 fully saturated rings. The molecule has 0 aliphatic heterocycles. The number of hydrogen-bond donors (Lipinski definition) is 2. The number of nitrogens with zero attached hydrogens (tertiary/aromatic N) is 1. The zero-order valence-corrected chi connectivity index (χ0v) is 12.7. The summed E-state index contributed by atoms with van der Waals surface area (Å²) in [5.74, 6) is 1.95. The van der Waals surface area contributed by atoms with E-state index in [1.54, 1.807) is 11.3 Å². The quantitative estimate of drug-likeness (QED) is 0.733. The molecule has 2 N–H and O–H groups in total. The number of nitrogens with one attached hydrogen (secondary N) is 1. The van der Waals surface area contributed by atoms with Crippen molar-refractivity contribution in [3.05, 3.63) is 42.2 Å². The van der Waals surface area contributed by atoms with Crippen molar-refractivity contribution < 1.29 is 9.52 Å². The maximum Gasteiger partial charge on any atom is 0.163 e. The van der Waals surface area contributed by atoms with Gasteiger partial charge in [0.1, 0.15) is 5.76 Å². The zero-order chi connectivity index (χ0) is 14.7. The Labute approximate surface area is 127 Å². The van der Waals surface area contributed by atoms with Crippen LogP contribution in [0.3, 0.4) is 0 Å². The Bertz CT molecular complexity index is 687. The van der Waals surface area contributed by atoms with Crippen molar-refractivity contribution >= 4 is 21.6 Å². The van der Waals surface area contributed by atoms with Crippen LogP contribution in [-0.4, -0.2) is 23.2 Å². The van der Waals surface area contributed by atoms with Crippen molar-refractivity contribution in [1.82, 2.24) is 10.3 Å². The van der Waals surface area contributed by atoms with Gasteiger partial charge in [0.15, 0.2) is 10.8 Å². The molecule has 3 rings (SSSR count). The van der Waals surface area contributed by atoms with E-state index in [-0.39, 0.29) is 12.5 Å². The van der Waals surface area contributed by atoms with Gasteiger partial charge in [-0.2, -0.15) is 0 Å². The normalized spacial score (nSPS) is 12.9. The summed E-state index contributed by atoms with van der Waals surface area (Å²) in [4.78, 5) is 4.59. The van der Waals surface area contributed by atoms with Gasteiger partial charge in [-0.1, -0.05) is 19.1 Å². The van der Waals surface area contributed by atoms with E-state index in [0.29, 0.717) is 6.54 Å². The molecule has 5 heteroatoms. The molecule has 3 aromatic rings. The summed E-state index contributed by atoms with van der Waals surface area (Å²) in [5, 5.41) is 13.2. The fourth-order valence-electron chi connectivity index (χ4n) is 2.07. The third-order valence-corrected chi connectivity index (χ3v) is 4.32. The minimum absolute atomic E-state index is 0.197. The van der Waals surface area contributed by atoms with E-state index in [0.717, 1.165) is 28.6 Å². The van der Waals surface area contributed by atoms with Crippen LogP contribution in [0.4, 0.5) is 0 Å². The highest BCUT2D eigenvalue weighted by Gasteiger charge is 2.10. The first-order valence-electron chi connectivity index (χ1n) is 7.02. The Hall–Kier alpha value is -1.69. The lowest BCUT2D eigenvalue weighted by atomic mass is 10.2. The lowest BCUT2D eigenvalue weighted by molar-refractivity contribution is 0.233. The first kappa shape index (κ1) is 14.3. The summed E-state index contributed by atoms with van der Waals surface area (Å²) in [7, 11) is 0. The summed E-state index contributed by atoms with van der Waals surface area (Å²) in [6, 6.07) is 12.0. The highest BCUT2D eigenvalue weighted by molar-refractivity contribution is 7.21. The molecule has 21 heavy (non-hydrogen) atoms. The minimum Gasteiger partial charge on any atom is -0.457 e. The minimum atomic E-state index is 0.197. The Morgan fingerprint density at radius 1 is 1.29 bits per heavy atom. The van der Waals surface area contributed by atoms with Gasteiger partial charge in [-0.3, -0.25) is 0 Å². The standard InChI is InChI=1S/C16H18N2O2S/c1-11(10-19)8-17-9-12-6-7-14(20-12)16-18-13-4-2-3-5-15(13)21-16/h2-7,11,17,19H,8-10H2,1H3. The van der Waals surface area contributed by atoms with Gasteiger partial charge in [-0.05, 0) is 30.2 Å². The average molecular weight is 302 g/mol. The number of hydrogen-bond acceptors (Lipinski definition) is 5. The largest absolute Gasteiger partial charge is 0.457 e. The highest BCUT2D eigenvalue weighted by Crippen LogP contribution is 2.30. The molecule has 1 atom stereocenters. The van der Waals surface area contributed by atoms with Crippen LogP contribution >= 0.6 is 11.3 Å². The molecule has 1 unspecified atom stereocenters. The number of fused-ring (bicyclic) bond motifs is 1. The summed E-state index contributed by atoms with van der Waals surface area (Å²) >= 11 is 1.64. The third-order valence-electron chi connectivity index (χ3n) is 3.27. The number of aromatic nitrogens is 1. The van der Waals surface area contributed by atoms with Crippen LogP contribution in [-0.2, 0) is 6.54 Å².